The second kappa shape index (κ2) is 6.93. The Morgan fingerprint density at radius 3 is 2.38 bits per heavy atom. The molecule has 1 atom stereocenters. The first-order valence-corrected chi connectivity index (χ1v) is 8.50. The van der Waals surface area contributed by atoms with Crippen LogP contribution < -0.4 is 0 Å². The van der Waals surface area contributed by atoms with E-state index in [9.17, 15) is 5.11 Å². The van der Waals surface area contributed by atoms with Crippen LogP contribution in [-0.4, -0.2) is 44.5 Å². The van der Waals surface area contributed by atoms with E-state index in [1.807, 2.05) is 16.9 Å². The Bertz CT molecular complexity index is 431. The molecule has 120 valence electrons. The van der Waals surface area contributed by atoms with Crippen LogP contribution in [0.25, 0.3) is 0 Å². The van der Waals surface area contributed by atoms with Gasteiger partial charge in [0.05, 0.1) is 11.8 Å². The van der Waals surface area contributed by atoms with Crippen molar-refractivity contribution in [2.45, 2.75) is 77.5 Å². The van der Waals surface area contributed by atoms with Crippen molar-refractivity contribution in [2.24, 2.45) is 0 Å². The van der Waals surface area contributed by atoms with Gasteiger partial charge in [0.2, 0.25) is 0 Å². The predicted molar refractivity (Wildman–Crippen MR) is 86.4 cm³/mol. The molecule has 21 heavy (non-hydrogen) atoms. The van der Waals surface area contributed by atoms with Crippen molar-refractivity contribution in [1.29, 1.82) is 0 Å². The topological polar surface area (TPSA) is 41.3 Å². The minimum atomic E-state index is -0.324. The molecule has 4 heteroatoms. The lowest BCUT2D eigenvalue weighted by Crippen LogP contribution is -2.55. The molecule has 0 amide bonds. The molecule has 0 aliphatic heterocycles. The Balaban J connectivity index is 2.13. The van der Waals surface area contributed by atoms with E-state index in [0.29, 0.717) is 12.5 Å². The Morgan fingerprint density at radius 2 is 1.90 bits per heavy atom. The number of aliphatic hydroxyl groups is 1. The molecule has 0 bridgehead atoms. The number of aliphatic hydroxyl groups excluding tert-OH is 1. The number of rotatable bonds is 7. The lowest BCUT2D eigenvalue weighted by atomic mass is 9.85. The van der Waals surface area contributed by atoms with Crippen LogP contribution in [0.1, 0.15) is 65.1 Å². The molecule has 1 aliphatic rings. The summed E-state index contributed by atoms with van der Waals surface area (Å²) >= 11 is 0. The Morgan fingerprint density at radius 1 is 1.29 bits per heavy atom. The molecule has 1 aromatic rings. The minimum Gasteiger partial charge on any atom is -0.391 e. The summed E-state index contributed by atoms with van der Waals surface area (Å²) in [6.45, 7) is 10.7. The fraction of sp³-hybridized carbons (Fsp3) is 0.824. The van der Waals surface area contributed by atoms with E-state index in [1.54, 1.807) is 0 Å². The summed E-state index contributed by atoms with van der Waals surface area (Å²) in [5, 5.41) is 15.5. The Hall–Kier alpha value is -0.870. The molecular weight excluding hydrogens is 262 g/mol. The molecule has 1 saturated carbocycles. The smallest absolute Gasteiger partial charge is 0.0779 e. The quantitative estimate of drug-likeness (QED) is 0.840. The Kier molecular flexibility index (Phi) is 5.44. The molecule has 0 radical (unpaired) electrons. The third-order valence-electron chi connectivity index (χ3n) is 5.08. The maximum absolute atomic E-state index is 10.9. The maximum atomic E-state index is 10.9. The zero-order valence-electron chi connectivity index (χ0n) is 14.0. The van der Waals surface area contributed by atoms with Crippen molar-refractivity contribution >= 4 is 0 Å². The van der Waals surface area contributed by atoms with Crippen LogP contribution >= 0.6 is 0 Å². The van der Waals surface area contributed by atoms with Gasteiger partial charge in [-0.15, -0.1) is 0 Å². The largest absolute Gasteiger partial charge is 0.391 e. The highest BCUT2D eigenvalue weighted by Gasteiger charge is 2.44. The summed E-state index contributed by atoms with van der Waals surface area (Å²) in [5.74, 6) is 0. The van der Waals surface area contributed by atoms with Gasteiger partial charge in [0.1, 0.15) is 0 Å². The fourth-order valence-electron chi connectivity index (χ4n) is 3.86. The van der Waals surface area contributed by atoms with Crippen molar-refractivity contribution < 1.29 is 5.11 Å². The van der Waals surface area contributed by atoms with E-state index in [1.165, 1.54) is 12.8 Å². The number of hydrogen-bond acceptors (Lipinski definition) is 3. The first kappa shape index (κ1) is 16.5. The van der Waals surface area contributed by atoms with Gasteiger partial charge in [-0.3, -0.25) is 9.58 Å². The zero-order chi connectivity index (χ0) is 15.5. The highest BCUT2D eigenvalue weighted by Crippen LogP contribution is 2.39. The highest BCUT2D eigenvalue weighted by atomic mass is 16.3. The van der Waals surface area contributed by atoms with E-state index in [-0.39, 0.29) is 11.6 Å². The lowest BCUT2D eigenvalue weighted by molar-refractivity contribution is -0.0249. The fourth-order valence-corrected chi connectivity index (χ4v) is 3.86. The molecule has 0 spiro atoms. The molecule has 1 fully saturated rings. The van der Waals surface area contributed by atoms with Crippen LogP contribution in [0.15, 0.2) is 12.3 Å². The third-order valence-corrected chi connectivity index (χ3v) is 5.08. The molecule has 1 heterocycles. The standard InChI is InChI=1S/C17H31N3O/c1-5-19(6-2)17(10-7-8-11-17)16(21)13-15-9-12-20(18-15)14(3)4/h9,12,14,16,21H,5-8,10-11,13H2,1-4H3. The summed E-state index contributed by atoms with van der Waals surface area (Å²) in [6, 6.07) is 2.42. The normalized spacial score (nSPS) is 19.6. The average molecular weight is 293 g/mol. The summed E-state index contributed by atoms with van der Waals surface area (Å²) in [4.78, 5) is 2.46. The number of likely N-dealkylation sites (N-methyl/N-ethyl adjacent to an activating group) is 1. The third kappa shape index (κ3) is 3.32. The first-order valence-electron chi connectivity index (χ1n) is 8.50. The molecule has 1 unspecified atom stereocenters. The highest BCUT2D eigenvalue weighted by molar-refractivity contribution is 5.08. The van der Waals surface area contributed by atoms with E-state index in [0.717, 1.165) is 31.6 Å². The minimum absolute atomic E-state index is 0.0366. The molecule has 0 aromatic carbocycles. The van der Waals surface area contributed by atoms with E-state index in [4.69, 9.17) is 0 Å². The van der Waals surface area contributed by atoms with Crippen LogP contribution in [0.3, 0.4) is 0 Å². The molecule has 4 nitrogen and oxygen atoms in total. The van der Waals surface area contributed by atoms with Gasteiger partial charge in [-0.1, -0.05) is 26.7 Å². The summed E-state index contributed by atoms with van der Waals surface area (Å²) in [7, 11) is 0. The lowest BCUT2D eigenvalue weighted by Gasteiger charge is -2.44. The summed E-state index contributed by atoms with van der Waals surface area (Å²) in [5.41, 5.74) is 0.972. The number of hydrogen-bond donors (Lipinski definition) is 1. The molecule has 1 N–H and O–H groups in total. The first-order chi connectivity index (χ1) is 10.0. The second-order valence-corrected chi connectivity index (χ2v) is 6.58. The van der Waals surface area contributed by atoms with Gasteiger partial charge in [-0.25, -0.2) is 0 Å². The van der Waals surface area contributed by atoms with Crippen molar-refractivity contribution in [2.75, 3.05) is 13.1 Å². The van der Waals surface area contributed by atoms with Gasteiger partial charge >= 0.3 is 0 Å². The summed E-state index contributed by atoms with van der Waals surface area (Å²) < 4.78 is 1.97. The van der Waals surface area contributed by atoms with Gasteiger partial charge in [0.15, 0.2) is 0 Å². The van der Waals surface area contributed by atoms with Crippen molar-refractivity contribution in [3.05, 3.63) is 18.0 Å². The van der Waals surface area contributed by atoms with Crippen molar-refractivity contribution in [1.82, 2.24) is 14.7 Å². The molecule has 2 rings (SSSR count). The molecule has 1 aromatic heterocycles. The van der Waals surface area contributed by atoms with Gasteiger partial charge in [-0.2, -0.15) is 5.10 Å². The van der Waals surface area contributed by atoms with Crippen LogP contribution in [0.5, 0.6) is 0 Å². The maximum Gasteiger partial charge on any atom is 0.0779 e. The molecule has 0 saturated heterocycles. The van der Waals surface area contributed by atoms with Gasteiger partial charge in [0.25, 0.3) is 0 Å². The predicted octanol–water partition coefficient (Wildman–Crippen LogP) is 3.02. The Labute approximate surface area is 129 Å². The van der Waals surface area contributed by atoms with Gasteiger partial charge < -0.3 is 5.11 Å². The van der Waals surface area contributed by atoms with Crippen molar-refractivity contribution in [3.8, 4) is 0 Å². The summed E-state index contributed by atoms with van der Waals surface area (Å²) in [6.07, 6.45) is 7.04. The molecule has 1 aliphatic carbocycles. The van der Waals surface area contributed by atoms with Crippen LogP contribution in [-0.2, 0) is 6.42 Å². The number of aromatic nitrogens is 2. The van der Waals surface area contributed by atoms with Gasteiger partial charge in [0, 0.05) is 24.2 Å². The monoisotopic (exact) mass is 293 g/mol. The number of nitrogens with zero attached hydrogens (tertiary/aromatic N) is 3. The van der Waals surface area contributed by atoms with Crippen LogP contribution in [0.4, 0.5) is 0 Å². The van der Waals surface area contributed by atoms with E-state index < -0.39 is 0 Å². The molecular formula is C17H31N3O. The van der Waals surface area contributed by atoms with E-state index in [2.05, 4.69) is 37.7 Å². The SMILES string of the molecule is CCN(CC)C1(C(O)Cc2ccn(C(C)C)n2)CCCC1. The second-order valence-electron chi connectivity index (χ2n) is 6.58. The zero-order valence-corrected chi connectivity index (χ0v) is 14.0. The van der Waals surface area contributed by atoms with Crippen molar-refractivity contribution in [3.63, 3.8) is 0 Å². The van der Waals surface area contributed by atoms with E-state index >= 15 is 0 Å². The van der Waals surface area contributed by atoms with Crippen LogP contribution in [0.2, 0.25) is 0 Å². The van der Waals surface area contributed by atoms with Gasteiger partial charge in [-0.05, 0) is 45.8 Å². The van der Waals surface area contributed by atoms with Crippen LogP contribution in [0, 0.1) is 0 Å². The average Bonchev–Trinajstić information content (AvgIpc) is 3.10.